The zero-order valence-corrected chi connectivity index (χ0v) is 17.3. The fraction of sp³-hybridized carbons (Fsp3) is 0.296. The summed E-state index contributed by atoms with van der Waals surface area (Å²) in [7, 11) is 0. The molecule has 1 heterocycles. The van der Waals surface area contributed by atoms with Gasteiger partial charge in [0.15, 0.2) is 0 Å². The van der Waals surface area contributed by atoms with E-state index in [4.69, 9.17) is 4.42 Å². The first kappa shape index (κ1) is 19.4. The van der Waals surface area contributed by atoms with Crippen LogP contribution < -0.4 is 5.63 Å². The standard InChI is InChI=1S/C27H28O2/c1-3-5-6-8-24-18-23-14-13-22-17-21(15-16-25(22)26(23)29-27(24)28)20-11-9-19(7-4-2)10-12-20/h9-18H,3-8H2,1-2H3. The maximum absolute atomic E-state index is 12.5. The molecule has 4 rings (SSSR count). The molecule has 0 radical (unpaired) electrons. The molecule has 0 saturated carbocycles. The minimum Gasteiger partial charge on any atom is -0.422 e. The van der Waals surface area contributed by atoms with E-state index in [1.54, 1.807) is 0 Å². The highest BCUT2D eigenvalue weighted by Gasteiger charge is 2.09. The van der Waals surface area contributed by atoms with Gasteiger partial charge in [0.25, 0.3) is 0 Å². The van der Waals surface area contributed by atoms with E-state index >= 15 is 0 Å². The Kier molecular flexibility index (Phi) is 5.80. The molecule has 29 heavy (non-hydrogen) atoms. The Morgan fingerprint density at radius 3 is 2.24 bits per heavy atom. The molecule has 0 fully saturated rings. The molecule has 0 aliphatic carbocycles. The van der Waals surface area contributed by atoms with Crippen LogP contribution in [0.5, 0.6) is 0 Å². The van der Waals surface area contributed by atoms with Gasteiger partial charge >= 0.3 is 5.63 Å². The topological polar surface area (TPSA) is 30.2 Å². The van der Waals surface area contributed by atoms with Gasteiger partial charge in [-0.3, -0.25) is 0 Å². The van der Waals surface area contributed by atoms with E-state index < -0.39 is 0 Å². The van der Waals surface area contributed by atoms with E-state index in [-0.39, 0.29) is 5.63 Å². The third-order valence-corrected chi connectivity index (χ3v) is 5.66. The lowest BCUT2D eigenvalue weighted by atomic mass is 9.98. The van der Waals surface area contributed by atoms with E-state index in [0.717, 1.165) is 60.2 Å². The van der Waals surface area contributed by atoms with Crippen molar-refractivity contribution in [2.45, 2.75) is 52.4 Å². The zero-order valence-electron chi connectivity index (χ0n) is 17.3. The molecular formula is C27H28O2. The first-order valence-corrected chi connectivity index (χ1v) is 10.8. The van der Waals surface area contributed by atoms with Crippen molar-refractivity contribution >= 4 is 21.7 Å². The average Bonchev–Trinajstić information content (AvgIpc) is 2.75. The fourth-order valence-electron chi connectivity index (χ4n) is 4.02. The SMILES string of the molecule is CCCCCc1cc2ccc3cc(-c4ccc(CCC)cc4)ccc3c2oc1=O. The molecule has 0 unspecified atom stereocenters. The Morgan fingerprint density at radius 1 is 0.724 bits per heavy atom. The van der Waals surface area contributed by atoms with Crippen molar-refractivity contribution in [3.8, 4) is 11.1 Å². The molecule has 2 nitrogen and oxygen atoms in total. The van der Waals surface area contributed by atoms with Gasteiger partial charge in [0.05, 0.1) is 0 Å². The van der Waals surface area contributed by atoms with Crippen LogP contribution in [-0.4, -0.2) is 0 Å². The second-order valence-electron chi connectivity index (χ2n) is 7.88. The second-order valence-corrected chi connectivity index (χ2v) is 7.88. The van der Waals surface area contributed by atoms with Crippen LogP contribution in [0.1, 0.15) is 50.7 Å². The van der Waals surface area contributed by atoms with Gasteiger partial charge in [-0.15, -0.1) is 0 Å². The van der Waals surface area contributed by atoms with Crippen LogP contribution in [0.2, 0.25) is 0 Å². The highest BCUT2D eigenvalue weighted by molar-refractivity contribution is 6.05. The number of benzene rings is 3. The number of unbranched alkanes of at least 4 members (excludes halogenated alkanes) is 2. The third kappa shape index (κ3) is 4.12. The van der Waals surface area contributed by atoms with Crippen molar-refractivity contribution in [2.24, 2.45) is 0 Å². The van der Waals surface area contributed by atoms with Crippen molar-refractivity contribution in [1.82, 2.24) is 0 Å². The Labute approximate surface area is 172 Å². The summed E-state index contributed by atoms with van der Waals surface area (Å²) in [4.78, 5) is 12.5. The minimum atomic E-state index is -0.198. The van der Waals surface area contributed by atoms with Crippen LogP contribution >= 0.6 is 0 Å². The number of rotatable bonds is 7. The van der Waals surface area contributed by atoms with Gasteiger partial charge in [-0.1, -0.05) is 75.6 Å². The van der Waals surface area contributed by atoms with Crippen LogP contribution in [0, 0.1) is 0 Å². The van der Waals surface area contributed by atoms with Crippen molar-refractivity contribution in [3.63, 3.8) is 0 Å². The van der Waals surface area contributed by atoms with E-state index in [1.807, 2.05) is 6.07 Å². The molecule has 2 heteroatoms. The summed E-state index contributed by atoms with van der Waals surface area (Å²) >= 11 is 0. The highest BCUT2D eigenvalue weighted by atomic mass is 16.4. The number of fused-ring (bicyclic) bond motifs is 3. The number of hydrogen-bond donors (Lipinski definition) is 0. The summed E-state index contributed by atoms with van der Waals surface area (Å²) in [6.07, 6.45) is 6.37. The van der Waals surface area contributed by atoms with Gasteiger partial charge in [-0.25, -0.2) is 4.79 Å². The Bertz CT molecular complexity index is 1180. The quantitative estimate of drug-likeness (QED) is 0.190. The molecule has 0 saturated heterocycles. The lowest BCUT2D eigenvalue weighted by molar-refractivity contribution is 0.549. The smallest absolute Gasteiger partial charge is 0.339 e. The largest absolute Gasteiger partial charge is 0.422 e. The first-order valence-electron chi connectivity index (χ1n) is 10.8. The van der Waals surface area contributed by atoms with Crippen LogP contribution in [0.3, 0.4) is 0 Å². The molecular weight excluding hydrogens is 356 g/mol. The summed E-state index contributed by atoms with van der Waals surface area (Å²) in [6, 6.07) is 21.4. The number of aryl methyl sites for hydroxylation is 2. The predicted molar refractivity (Wildman–Crippen MR) is 123 cm³/mol. The molecule has 0 spiro atoms. The average molecular weight is 385 g/mol. The predicted octanol–water partition coefficient (Wildman–Crippen LogP) is 7.30. The van der Waals surface area contributed by atoms with Gasteiger partial charge in [-0.2, -0.15) is 0 Å². The molecule has 148 valence electrons. The summed E-state index contributed by atoms with van der Waals surface area (Å²) in [5, 5.41) is 3.08. The highest BCUT2D eigenvalue weighted by Crippen LogP contribution is 2.30. The fourth-order valence-corrected chi connectivity index (χ4v) is 4.02. The lowest BCUT2D eigenvalue weighted by Gasteiger charge is -2.08. The Balaban J connectivity index is 1.71. The second kappa shape index (κ2) is 8.65. The maximum Gasteiger partial charge on any atom is 0.339 e. The maximum atomic E-state index is 12.5. The normalized spacial score (nSPS) is 11.4. The van der Waals surface area contributed by atoms with Crippen molar-refractivity contribution in [3.05, 3.63) is 82.2 Å². The summed E-state index contributed by atoms with van der Waals surface area (Å²) in [5.41, 5.74) is 5.04. The van der Waals surface area contributed by atoms with E-state index in [1.165, 1.54) is 16.7 Å². The molecule has 1 aromatic heterocycles. The van der Waals surface area contributed by atoms with Crippen molar-refractivity contribution < 1.29 is 4.42 Å². The molecule has 4 aromatic rings. The Hall–Kier alpha value is -2.87. The Morgan fingerprint density at radius 2 is 1.48 bits per heavy atom. The summed E-state index contributed by atoms with van der Waals surface area (Å²) in [6.45, 7) is 4.37. The molecule has 0 atom stereocenters. The zero-order chi connectivity index (χ0) is 20.2. The minimum absolute atomic E-state index is 0.198. The van der Waals surface area contributed by atoms with Crippen LogP contribution in [0.4, 0.5) is 0 Å². The third-order valence-electron chi connectivity index (χ3n) is 5.66. The van der Waals surface area contributed by atoms with Gasteiger partial charge < -0.3 is 4.42 Å². The molecule has 0 amide bonds. The molecule has 0 N–H and O–H groups in total. The first-order chi connectivity index (χ1) is 14.2. The van der Waals surface area contributed by atoms with Gasteiger partial charge in [-0.05, 0) is 59.5 Å². The molecule has 3 aromatic carbocycles. The van der Waals surface area contributed by atoms with Crippen LogP contribution in [0.25, 0.3) is 32.9 Å². The van der Waals surface area contributed by atoms with Gasteiger partial charge in [0.1, 0.15) is 5.58 Å². The molecule has 0 bridgehead atoms. The van der Waals surface area contributed by atoms with E-state index in [9.17, 15) is 4.79 Å². The van der Waals surface area contributed by atoms with Gasteiger partial charge in [0.2, 0.25) is 0 Å². The lowest BCUT2D eigenvalue weighted by Crippen LogP contribution is -2.07. The van der Waals surface area contributed by atoms with Crippen LogP contribution in [-0.2, 0) is 12.8 Å². The van der Waals surface area contributed by atoms with E-state index in [0.29, 0.717) is 5.58 Å². The van der Waals surface area contributed by atoms with Crippen LogP contribution in [0.15, 0.2) is 69.9 Å². The van der Waals surface area contributed by atoms with Crippen molar-refractivity contribution in [1.29, 1.82) is 0 Å². The molecule has 0 aliphatic heterocycles. The molecule has 0 aliphatic rings. The van der Waals surface area contributed by atoms with Crippen molar-refractivity contribution in [2.75, 3.05) is 0 Å². The monoisotopic (exact) mass is 384 g/mol. The van der Waals surface area contributed by atoms with E-state index in [2.05, 4.69) is 68.4 Å². The summed E-state index contributed by atoms with van der Waals surface area (Å²) < 4.78 is 5.77. The van der Waals surface area contributed by atoms with Gasteiger partial charge in [0, 0.05) is 16.3 Å². The summed E-state index contributed by atoms with van der Waals surface area (Å²) in [5.74, 6) is 0. The number of hydrogen-bond acceptors (Lipinski definition) is 2.